The van der Waals surface area contributed by atoms with E-state index in [1.54, 1.807) is 0 Å². The lowest BCUT2D eigenvalue weighted by atomic mass is 9.88. The molecule has 0 saturated carbocycles. The van der Waals surface area contributed by atoms with E-state index >= 15 is 0 Å². The third-order valence-corrected chi connectivity index (χ3v) is 3.59. The second-order valence-corrected chi connectivity index (χ2v) is 5.52. The van der Waals surface area contributed by atoms with Crippen LogP contribution in [0.4, 0.5) is 0 Å². The van der Waals surface area contributed by atoms with E-state index in [9.17, 15) is 5.11 Å². The number of hydrogen-bond donors (Lipinski definition) is 2. The third-order valence-electron chi connectivity index (χ3n) is 3.59. The Kier molecular flexibility index (Phi) is 4.20. The predicted octanol–water partition coefficient (Wildman–Crippen LogP) is 1.77. The fourth-order valence-electron chi connectivity index (χ4n) is 2.01. The summed E-state index contributed by atoms with van der Waals surface area (Å²) in [6.07, 6.45) is 0.564. The van der Waals surface area contributed by atoms with E-state index in [0.29, 0.717) is 12.3 Å². The van der Waals surface area contributed by atoms with E-state index in [2.05, 4.69) is 16.3 Å². The Balaban J connectivity index is 2.21. The van der Waals surface area contributed by atoms with Crippen LogP contribution >= 0.6 is 0 Å². The lowest BCUT2D eigenvalue weighted by Gasteiger charge is -2.27. The molecule has 5 heteroatoms. The molecule has 0 radical (unpaired) electrons. The van der Waals surface area contributed by atoms with Crippen molar-refractivity contribution in [2.75, 3.05) is 6.61 Å². The van der Waals surface area contributed by atoms with Gasteiger partial charge in [0.25, 0.3) is 0 Å². The number of aliphatic hydroxyl groups is 1. The Bertz CT molecular complexity index is 580. The molecule has 0 aliphatic carbocycles. The highest BCUT2D eigenvalue weighted by molar-refractivity contribution is 5.24. The van der Waals surface area contributed by atoms with Crippen molar-refractivity contribution in [3.8, 4) is 0 Å². The zero-order valence-electron chi connectivity index (χ0n) is 12.1. The summed E-state index contributed by atoms with van der Waals surface area (Å²) in [4.78, 5) is 0. The number of hydrogen-bond acceptors (Lipinski definition) is 5. The van der Waals surface area contributed by atoms with Crippen LogP contribution in [0.1, 0.15) is 36.8 Å². The molecule has 2 aromatic rings. The topological polar surface area (TPSA) is 85.2 Å². The predicted molar refractivity (Wildman–Crippen MR) is 76.1 cm³/mol. The van der Waals surface area contributed by atoms with Crippen LogP contribution < -0.4 is 5.73 Å². The quantitative estimate of drug-likeness (QED) is 0.868. The van der Waals surface area contributed by atoms with Gasteiger partial charge in [-0.2, -0.15) is 0 Å². The largest absolute Gasteiger partial charge is 0.423 e. The molecule has 2 rings (SSSR count). The number of nitrogens with zero attached hydrogens (tertiary/aromatic N) is 2. The normalized spacial score (nSPS) is 14.5. The number of nitrogens with two attached hydrogens (primary N) is 1. The second-order valence-electron chi connectivity index (χ2n) is 5.52. The first-order valence-electron chi connectivity index (χ1n) is 6.74. The lowest BCUT2D eigenvalue weighted by molar-refractivity contribution is 0.126. The molecule has 1 aromatic heterocycles. The summed E-state index contributed by atoms with van der Waals surface area (Å²) in [5.41, 5.74) is 7.45. The van der Waals surface area contributed by atoms with Gasteiger partial charge in [0.1, 0.15) is 5.54 Å². The van der Waals surface area contributed by atoms with Crippen molar-refractivity contribution >= 4 is 0 Å². The monoisotopic (exact) mass is 275 g/mol. The van der Waals surface area contributed by atoms with Gasteiger partial charge in [0.15, 0.2) is 0 Å². The molecule has 0 amide bonds. The van der Waals surface area contributed by atoms with Crippen LogP contribution in [0.15, 0.2) is 28.7 Å². The van der Waals surface area contributed by atoms with Crippen LogP contribution in [0.5, 0.6) is 0 Å². The van der Waals surface area contributed by atoms with Crippen LogP contribution in [0.3, 0.4) is 0 Å². The van der Waals surface area contributed by atoms with Crippen molar-refractivity contribution in [2.45, 2.75) is 32.7 Å². The van der Waals surface area contributed by atoms with Crippen LogP contribution in [-0.2, 0) is 12.0 Å². The molecule has 0 saturated heterocycles. The zero-order valence-corrected chi connectivity index (χ0v) is 12.1. The average Bonchev–Trinajstić information content (AvgIpc) is 2.86. The van der Waals surface area contributed by atoms with E-state index < -0.39 is 5.54 Å². The van der Waals surface area contributed by atoms with Gasteiger partial charge in [0, 0.05) is 0 Å². The molecule has 0 bridgehead atoms. The molecule has 5 nitrogen and oxygen atoms in total. The molecule has 20 heavy (non-hydrogen) atoms. The average molecular weight is 275 g/mol. The second kappa shape index (κ2) is 5.73. The molecule has 0 fully saturated rings. The molecule has 1 atom stereocenters. The molecular weight excluding hydrogens is 254 g/mol. The van der Waals surface area contributed by atoms with Crippen LogP contribution in [0.2, 0.25) is 0 Å². The number of aliphatic hydroxyl groups excluding tert-OH is 1. The maximum Gasteiger partial charge on any atom is 0.238 e. The molecular formula is C15H21N3O2. The number of aryl methyl sites for hydroxylation is 1. The van der Waals surface area contributed by atoms with Gasteiger partial charge >= 0.3 is 0 Å². The van der Waals surface area contributed by atoms with Gasteiger partial charge in [-0.1, -0.05) is 43.7 Å². The van der Waals surface area contributed by atoms with Gasteiger partial charge in [0.05, 0.1) is 13.0 Å². The van der Waals surface area contributed by atoms with E-state index in [0.717, 1.165) is 5.56 Å². The Morgan fingerprint density at radius 1 is 1.35 bits per heavy atom. The minimum absolute atomic E-state index is 0.000213. The Labute approximate surface area is 118 Å². The van der Waals surface area contributed by atoms with Gasteiger partial charge in [-0.05, 0) is 18.4 Å². The fourth-order valence-corrected chi connectivity index (χ4v) is 2.01. The highest BCUT2D eigenvalue weighted by atomic mass is 16.4. The van der Waals surface area contributed by atoms with E-state index in [1.807, 2.05) is 39.0 Å². The number of benzene rings is 1. The van der Waals surface area contributed by atoms with Crippen LogP contribution in [0, 0.1) is 12.8 Å². The van der Waals surface area contributed by atoms with E-state index in [4.69, 9.17) is 10.2 Å². The smallest absolute Gasteiger partial charge is 0.238 e. The molecule has 0 spiro atoms. The Hall–Kier alpha value is -1.72. The van der Waals surface area contributed by atoms with Crippen LogP contribution in [-0.4, -0.2) is 21.9 Å². The minimum Gasteiger partial charge on any atom is -0.423 e. The van der Waals surface area contributed by atoms with Crippen LogP contribution in [0.25, 0.3) is 0 Å². The summed E-state index contributed by atoms with van der Waals surface area (Å²) in [7, 11) is 0. The van der Waals surface area contributed by atoms with Crippen molar-refractivity contribution in [1.82, 2.24) is 10.2 Å². The Morgan fingerprint density at radius 3 is 2.70 bits per heavy atom. The van der Waals surface area contributed by atoms with Gasteiger partial charge in [-0.3, -0.25) is 0 Å². The van der Waals surface area contributed by atoms with Crippen molar-refractivity contribution in [1.29, 1.82) is 0 Å². The molecule has 0 aliphatic rings. The highest BCUT2D eigenvalue weighted by Crippen LogP contribution is 2.25. The molecule has 1 aromatic carbocycles. The number of rotatable bonds is 5. The highest BCUT2D eigenvalue weighted by Gasteiger charge is 2.36. The first kappa shape index (κ1) is 14.7. The van der Waals surface area contributed by atoms with Crippen molar-refractivity contribution in [2.24, 2.45) is 11.7 Å². The molecule has 1 heterocycles. The number of aromatic nitrogens is 2. The molecule has 0 unspecified atom stereocenters. The zero-order chi connectivity index (χ0) is 14.8. The van der Waals surface area contributed by atoms with E-state index in [-0.39, 0.29) is 18.4 Å². The van der Waals surface area contributed by atoms with E-state index in [1.165, 1.54) is 5.56 Å². The first-order chi connectivity index (χ1) is 9.45. The van der Waals surface area contributed by atoms with Gasteiger partial charge in [-0.15, -0.1) is 10.2 Å². The standard InChI is InChI=1S/C15H21N3O2/c1-10(2)15(16,9-19)14-18-17-13(20-14)8-12-6-4-5-11(3)7-12/h4-7,10,19H,8-9,16H2,1-3H3/t15-/m1/s1. The summed E-state index contributed by atoms with van der Waals surface area (Å²) in [6, 6.07) is 8.13. The lowest BCUT2D eigenvalue weighted by Crippen LogP contribution is -2.45. The summed E-state index contributed by atoms with van der Waals surface area (Å²) in [6.45, 7) is 5.65. The summed E-state index contributed by atoms with van der Waals surface area (Å²) < 4.78 is 5.64. The summed E-state index contributed by atoms with van der Waals surface area (Å²) >= 11 is 0. The molecule has 3 N–H and O–H groups in total. The SMILES string of the molecule is Cc1cccc(Cc2nnc([C@@](N)(CO)C(C)C)o2)c1. The third kappa shape index (κ3) is 2.89. The molecule has 0 aliphatic heterocycles. The summed E-state index contributed by atoms with van der Waals surface area (Å²) in [5.74, 6) is 0.798. The summed E-state index contributed by atoms with van der Waals surface area (Å²) in [5, 5.41) is 17.5. The van der Waals surface area contributed by atoms with Crippen molar-refractivity contribution in [3.63, 3.8) is 0 Å². The van der Waals surface area contributed by atoms with Crippen molar-refractivity contribution in [3.05, 3.63) is 47.2 Å². The maximum atomic E-state index is 9.49. The van der Waals surface area contributed by atoms with Gasteiger partial charge < -0.3 is 15.3 Å². The maximum absolute atomic E-state index is 9.49. The first-order valence-corrected chi connectivity index (χ1v) is 6.74. The van der Waals surface area contributed by atoms with Gasteiger partial charge in [0.2, 0.25) is 11.8 Å². The fraction of sp³-hybridized carbons (Fsp3) is 0.467. The molecule has 108 valence electrons. The van der Waals surface area contributed by atoms with Gasteiger partial charge in [-0.25, -0.2) is 0 Å². The van der Waals surface area contributed by atoms with Crippen molar-refractivity contribution < 1.29 is 9.52 Å². The Morgan fingerprint density at radius 2 is 2.10 bits per heavy atom. The minimum atomic E-state index is -0.988.